The third-order valence-electron chi connectivity index (χ3n) is 4.18. The zero-order valence-corrected chi connectivity index (χ0v) is 14.4. The van der Waals surface area contributed by atoms with Gasteiger partial charge in [0.05, 0.1) is 6.54 Å². The normalized spacial score (nSPS) is 15.7. The number of aromatic nitrogens is 1. The number of hydrogen-bond acceptors (Lipinski definition) is 5. The van der Waals surface area contributed by atoms with Crippen LogP contribution in [0.5, 0.6) is 0 Å². The zero-order chi connectivity index (χ0) is 16.2. The van der Waals surface area contributed by atoms with Crippen molar-refractivity contribution < 1.29 is 4.79 Å². The van der Waals surface area contributed by atoms with Crippen LogP contribution in [0.2, 0.25) is 0 Å². The number of thiazole rings is 1. The number of benzene rings is 1. The number of amides is 1. The first-order valence-corrected chi connectivity index (χ1v) is 8.71. The average molecular weight is 330 g/mol. The summed E-state index contributed by atoms with van der Waals surface area (Å²) in [5, 5.41) is 2.65. The van der Waals surface area contributed by atoms with Gasteiger partial charge in [0, 0.05) is 50.5 Å². The standard InChI is InChI=1S/C17H22N4OS/c1-14-4-3-5-15(12-14)21-9-7-20(8-10-21)13-16(22)19(2)17-18-6-11-23-17/h3-6,11-12H,7-10,13H2,1-2H3. The van der Waals surface area contributed by atoms with E-state index in [-0.39, 0.29) is 5.91 Å². The fourth-order valence-electron chi connectivity index (χ4n) is 2.77. The van der Waals surface area contributed by atoms with E-state index in [0.717, 1.165) is 31.3 Å². The molecule has 1 amide bonds. The molecule has 0 atom stereocenters. The molecule has 2 aromatic rings. The molecule has 0 aliphatic carbocycles. The van der Waals surface area contributed by atoms with Gasteiger partial charge in [-0.2, -0.15) is 0 Å². The summed E-state index contributed by atoms with van der Waals surface area (Å²) in [5.41, 5.74) is 2.56. The minimum Gasteiger partial charge on any atom is -0.369 e. The molecule has 0 bridgehead atoms. The maximum atomic E-state index is 12.3. The van der Waals surface area contributed by atoms with Gasteiger partial charge < -0.3 is 4.90 Å². The Hall–Kier alpha value is -1.92. The molecule has 1 aliphatic rings. The molecule has 0 unspecified atom stereocenters. The summed E-state index contributed by atoms with van der Waals surface area (Å²) >= 11 is 1.49. The van der Waals surface area contributed by atoms with E-state index >= 15 is 0 Å². The predicted octanol–water partition coefficient (Wildman–Crippen LogP) is 2.24. The number of carbonyl (C=O) groups excluding carboxylic acids is 1. The first-order valence-electron chi connectivity index (χ1n) is 7.83. The number of hydrogen-bond donors (Lipinski definition) is 0. The van der Waals surface area contributed by atoms with E-state index < -0.39 is 0 Å². The van der Waals surface area contributed by atoms with Gasteiger partial charge in [-0.05, 0) is 24.6 Å². The van der Waals surface area contributed by atoms with Gasteiger partial charge in [-0.1, -0.05) is 12.1 Å². The molecular formula is C17H22N4OS. The lowest BCUT2D eigenvalue weighted by molar-refractivity contribution is -0.119. The molecule has 5 nitrogen and oxygen atoms in total. The molecule has 1 fully saturated rings. The van der Waals surface area contributed by atoms with Crippen molar-refractivity contribution in [3.63, 3.8) is 0 Å². The second-order valence-electron chi connectivity index (χ2n) is 5.87. The first-order chi connectivity index (χ1) is 11.1. The second kappa shape index (κ2) is 7.10. The van der Waals surface area contributed by atoms with Crippen LogP contribution in [0.25, 0.3) is 0 Å². The van der Waals surface area contributed by atoms with E-state index in [9.17, 15) is 4.79 Å². The lowest BCUT2D eigenvalue weighted by atomic mass is 10.2. The fourth-order valence-corrected chi connectivity index (χ4v) is 3.40. The van der Waals surface area contributed by atoms with Gasteiger partial charge in [0.2, 0.25) is 5.91 Å². The number of aryl methyl sites for hydroxylation is 1. The Morgan fingerprint density at radius 1 is 1.30 bits per heavy atom. The zero-order valence-electron chi connectivity index (χ0n) is 13.6. The molecule has 0 saturated carbocycles. The van der Waals surface area contributed by atoms with E-state index in [2.05, 4.69) is 46.0 Å². The highest BCUT2D eigenvalue weighted by Crippen LogP contribution is 2.19. The number of likely N-dealkylation sites (N-methyl/N-ethyl adjacent to an activating group) is 1. The van der Waals surface area contributed by atoms with Gasteiger partial charge in [-0.25, -0.2) is 4.98 Å². The van der Waals surface area contributed by atoms with Crippen LogP contribution in [0.3, 0.4) is 0 Å². The molecule has 23 heavy (non-hydrogen) atoms. The summed E-state index contributed by atoms with van der Waals surface area (Å²) in [6.45, 7) is 6.30. The van der Waals surface area contributed by atoms with Crippen molar-refractivity contribution in [2.45, 2.75) is 6.92 Å². The van der Waals surface area contributed by atoms with Crippen molar-refractivity contribution in [3.05, 3.63) is 41.4 Å². The van der Waals surface area contributed by atoms with E-state index in [1.807, 2.05) is 5.38 Å². The Kier molecular flexibility index (Phi) is 4.93. The molecule has 1 aromatic heterocycles. The van der Waals surface area contributed by atoms with Crippen LogP contribution in [0, 0.1) is 6.92 Å². The summed E-state index contributed by atoms with van der Waals surface area (Å²) in [6, 6.07) is 8.59. The fraction of sp³-hybridized carbons (Fsp3) is 0.412. The SMILES string of the molecule is Cc1cccc(N2CCN(CC(=O)N(C)c3nccs3)CC2)c1. The number of nitrogens with zero attached hydrogens (tertiary/aromatic N) is 4. The van der Waals surface area contributed by atoms with E-state index in [4.69, 9.17) is 0 Å². The average Bonchev–Trinajstić information content (AvgIpc) is 3.09. The highest BCUT2D eigenvalue weighted by molar-refractivity contribution is 7.13. The molecule has 3 rings (SSSR count). The smallest absolute Gasteiger partial charge is 0.242 e. The molecule has 1 aromatic carbocycles. The number of carbonyl (C=O) groups is 1. The Balaban J connectivity index is 1.52. The van der Waals surface area contributed by atoms with E-state index in [1.54, 1.807) is 18.1 Å². The Bertz CT molecular complexity index is 650. The van der Waals surface area contributed by atoms with E-state index in [1.165, 1.54) is 22.6 Å². The number of rotatable bonds is 4. The number of piperazine rings is 1. The molecule has 0 spiro atoms. The minimum absolute atomic E-state index is 0.101. The molecule has 0 N–H and O–H groups in total. The first kappa shape index (κ1) is 16.0. The quantitative estimate of drug-likeness (QED) is 0.862. The molecule has 1 saturated heterocycles. The van der Waals surface area contributed by atoms with Crippen LogP contribution < -0.4 is 9.80 Å². The molecular weight excluding hydrogens is 308 g/mol. The van der Waals surface area contributed by atoms with Crippen LogP contribution in [-0.2, 0) is 4.79 Å². The Morgan fingerprint density at radius 2 is 2.09 bits per heavy atom. The topological polar surface area (TPSA) is 39.7 Å². The lowest BCUT2D eigenvalue weighted by Crippen LogP contribution is -2.49. The molecule has 122 valence electrons. The van der Waals surface area contributed by atoms with Crippen LogP contribution in [0.1, 0.15) is 5.56 Å². The van der Waals surface area contributed by atoms with Gasteiger partial charge in [-0.15, -0.1) is 11.3 Å². The van der Waals surface area contributed by atoms with E-state index in [0.29, 0.717) is 6.54 Å². The second-order valence-corrected chi connectivity index (χ2v) is 6.74. The van der Waals surface area contributed by atoms with Gasteiger partial charge in [0.15, 0.2) is 5.13 Å². The van der Waals surface area contributed by atoms with Crippen LogP contribution in [0.4, 0.5) is 10.8 Å². The van der Waals surface area contributed by atoms with Crippen molar-refractivity contribution in [2.24, 2.45) is 0 Å². The maximum Gasteiger partial charge on any atom is 0.242 e. The maximum absolute atomic E-state index is 12.3. The summed E-state index contributed by atoms with van der Waals surface area (Å²) in [7, 11) is 1.80. The van der Waals surface area contributed by atoms with Gasteiger partial charge in [0.25, 0.3) is 0 Å². The summed E-state index contributed by atoms with van der Waals surface area (Å²) < 4.78 is 0. The van der Waals surface area contributed by atoms with Crippen molar-refractivity contribution in [1.82, 2.24) is 9.88 Å². The lowest BCUT2D eigenvalue weighted by Gasteiger charge is -2.36. The monoisotopic (exact) mass is 330 g/mol. The van der Waals surface area contributed by atoms with Crippen LogP contribution in [-0.4, -0.2) is 55.6 Å². The largest absolute Gasteiger partial charge is 0.369 e. The van der Waals surface area contributed by atoms with Gasteiger partial charge in [0.1, 0.15) is 0 Å². The van der Waals surface area contributed by atoms with Crippen molar-refractivity contribution in [2.75, 3.05) is 49.6 Å². The van der Waals surface area contributed by atoms with Crippen molar-refractivity contribution in [1.29, 1.82) is 0 Å². The molecule has 2 heterocycles. The van der Waals surface area contributed by atoms with Crippen molar-refractivity contribution >= 4 is 28.1 Å². The number of anilines is 2. The minimum atomic E-state index is 0.101. The molecule has 1 aliphatic heterocycles. The van der Waals surface area contributed by atoms with Gasteiger partial charge in [-0.3, -0.25) is 14.6 Å². The third kappa shape index (κ3) is 3.89. The summed E-state index contributed by atoms with van der Waals surface area (Å²) in [4.78, 5) is 22.8. The Labute approximate surface area is 141 Å². The van der Waals surface area contributed by atoms with Crippen molar-refractivity contribution in [3.8, 4) is 0 Å². The van der Waals surface area contributed by atoms with Crippen LogP contribution >= 0.6 is 11.3 Å². The molecule has 0 radical (unpaired) electrons. The third-order valence-corrected chi connectivity index (χ3v) is 5.03. The summed E-state index contributed by atoms with van der Waals surface area (Å²) in [5.74, 6) is 0.101. The highest BCUT2D eigenvalue weighted by Gasteiger charge is 2.21. The molecule has 6 heteroatoms. The van der Waals surface area contributed by atoms with Crippen LogP contribution in [0.15, 0.2) is 35.8 Å². The summed E-state index contributed by atoms with van der Waals surface area (Å²) in [6.07, 6.45) is 1.73. The highest BCUT2D eigenvalue weighted by atomic mass is 32.1. The predicted molar refractivity (Wildman–Crippen MR) is 95.4 cm³/mol. The Morgan fingerprint density at radius 3 is 2.74 bits per heavy atom. The van der Waals surface area contributed by atoms with Gasteiger partial charge >= 0.3 is 0 Å².